The van der Waals surface area contributed by atoms with Gasteiger partial charge in [-0.15, -0.1) is 0 Å². The molecule has 2 aromatic rings. The summed E-state index contributed by atoms with van der Waals surface area (Å²) in [6.07, 6.45) is 2.79. The van der Waals surface area contributed by atoms with Gasteiger partial charge in [0.05, 0.1) is 25.3 Å². The molecule has 3 rings (SSSR count). The van der Waals surface area contributed by atoms with Crippen molar-refractivity contribution in [2.75, 3.05) is 40.4 Å². The molecule has 190 valence electrons. The number of carbonyl (C=O) groups excluding carboxylic acids is 2. The van der Waals surface area contributed by atoms with Crippen LogP contribution in [0.1, 0.15) is 49.0 Å². The number of hydrogen-bond donors (Lipinski definition) is 1. The fourth-order valence-electron chi connectivity index (χ4n) is 4.56. The van der Waals surface area contributed by atoms with Crippen LogP contribution in [0.25, 0.3) is 0 Å². The third kappa shape index (κ3) is 6.67. The van der Waals surface area contributed by atoms with Gasteiger partial charge in [0, 0.05) is 31.2 Å². The second-order valence-corrected chi connectivity index (χ2v) is 9.59. The standard InChI is InChI=1S/C27H36ClN3O4/c1-5-14-35-25-22(28)15-21(16-23(25)34-4)26(33)30(18-24(32)29-3)19-27(2)12-9-13-31(27)17-20-10-7-6-8-11-20/h6-8,10-11,15-16H,5,9,12-14,17-19H2,1-4H3,(H,29,32). The highest BCUT2D eigenvalue weighted by atomic mass is 35.5. The Hall–Kier alpha value is -2.77. The fraction of sp³-hybridized carbons (Fsp3) is 0.481. The lowest BCUT2D eigenvalue weighted by Gasteiger charge is -2.39. The fourth-order valence-corrected chi connectivity index (χ4v) is 4.83. The zero-order chi connectivity index (χ0) is 25.4. The maximum Gasteiger partial charge on any atom is 0.254 e. The number of methoxy groups -OCH3 is 1. The van der Waals surface area contributed by atoms with Crippen molar-refractivity contribution in [2.24, 2.45) is 0 Å². The molecule has 1 atom stereocenters. The van der Waals surface area contributed by atoms with Crippen molar-refractivity contribution in [3.63, 3.8) is 0 Å². The van der Waals surface area contributed by atoms with E-state index in [1.807, 2.05) is 25.1 Å². The first kappa shape index (κ1) is 26.8. The third-order valence-electron chi connectivity index (χ3n) is 6.48. The van der Waals surface area contributed by atoms with E-state index >= 15 is 0 Å². The Morgan fingerprint density at radius 1 is 1.23 bits per heavy atom. The molecular weight excluding hydrogens is 466 g/mol. The van der Waals surface area contributed by atoms with Gasteiger partial charge < -0.3 is 19.7 Å². The second kappa shape index (κ2) is 12.3. The van der Waals surface area contributed by atoms with Gasteiger partial charge in [0.25, 0.3) is 5.91 Å². The zero-order valence-electron chi connectivity index (χ0n) is 21.1. The van der Waals surface area contributed by atoms with E-state index < -0.39 is 0 Å². The van der Waals surface area contributed by atoms with Gasteiger partial charge in [-0.25, -0.2) is 0 Å². The summed E-state index contributed by atoms with van der Waals surface area (Å²) < 4.78 is 11.2. The molecule has 7 nitrogen and oxygen atoms in total. The quantitative estimate of drug-likeness (QED) is 0.494. The summed E-state index contributed by atoms with van der Waals surface area (Å²) >= 11 is 6.48. The predicted molar refractivity (Wildman–Crippen MR) is 138 cm³/mol. The van der Waals surface area contributed by atoms with Crippen LogP contribution in [0.5, 0.6) is 11.5 Å². The van der Waals surface area contributed by atoms with Gasteiger partial charge in [-0.2, -0.15) is 0 Å². The first-order valence-corrected chi connectivity index (χ1v) is 12.5. The van der Waals surface area contributed by atoms with E-state index in [4.69, 9.17) is 21.1 Å². The maximum atomic E-state index is 13.7. The summed E-state index contributed by atoms with van der Waals surface area (Å²) in [7, 11) is 3.09. The number of amides is 2. The van der Waals surface area contributed by atoms with E-state index in [9.17, 15) is 9.59 Å². The first-order valence-electron chi connectivity index (χ1n) is 12.1. The number of rotatable bonds is 11. The van der Waals surface area contributed by atoms with Crippen molar-refractivity contribution < 1.29 is 19.1 Å². The highest BCUT2D eigenvalue weighted by molar-refractivity contribution is 6.32. The monoisotopic (exact) mass is 501 g/mol. The molecule has 0 saturated carbocycles. The number of likely N-dealkylation sites (N-methyl/N-ethyl adjacent to an activating group) is 1. The molecular formula is C27H36ClN3O4. The molecule has 2 aromatic carbocycles. The van der Waals surface area contributed by atoms with Crippen LogP contribution in [0.4, 0.5) is 0 Å². The van der Waals surface area contributed by atoms with Crippen molar-refractivity contribution in [1.29, 1.82) is 0 Å². The second-order valence-electron chi connectivity index (χ2n) is 9.18. The minimum absolute atomic E-state index is 0.0435. The maximum absolute atomic E-state index is 13.7. The van der Waals surface area contributed by atoms with Crippen LogP contribution in [0.15, 0.2) is 42.5 Å². The number of halogens is 1. The van der Waals surface area contributed by atoms with Crippen molar-refractivity contribution >= 4 is 23.4 Å². The smallest absolute Gasteiger partial charge is 0.254 e. The average molecular weight is 502 g/mol. The van der Waals surface area contributed by atoms with Crippen molar-refractivity contribution in [3.8, 4) is 11.5 Å². The number of carbonyl (C=O) groups is 2. The molecule has 8 heteroatoms. The van der Waals surface area contributed by atoms with Crippen molar-refractivity contribution in [2.45, 2.75) is 45.2 Å². The number of nitrogens with one attached hydrogen (secondary N) is 1. The van der Waals surface area contributed by atoms with Gasteiger partial charge in [0.2, 0.25) is 5.91 Å². The number of ether oxygens (including phenoxy) is 2. The van der Waals surface area contributed by atoms with Crippen molar-refractivity contribution in [3.05, 3.63) is 58.6 Å². The highest BCUT2D eigenvalue weighted by Gasteiger charge is 2.39. The average Bonchev–Trinajstić information content (AvgIpc) is 3.21. The minimum atomic E-state index is -0.274. The van der Waals surface area contributed by atoms with Crippen molar-refractivity contribution in [1.82, 2.24) is 15.1 Å². The zero-order valence-corrected chi connectivity index (χ0v) is 21.9. The molecule has 1 fully saturated rings. The molecule has 0 spiro atoms. The van der Waals surface area contributed by atoms with Crippen LogP contribution >= 0.6 is 11.6 Å². The van der Waals surface area contributed by atoms with Gasteiger partial charge in [-0.05, 0) is 50.4 Å². The highest BCUT2D eigenvalue weighted by Crippen LogP contribution is 2.37. The van der Waals surface area contributed by atoms with Gasteiger partial charge in [0.1, 0.15) is 0 Å². The first-order chi connectivity index (χ1) is 16.8. The number of benzene rings is 2. The van der Waals surface area contributed by atoms with Gasteiger partial charge >= 0.3 is 0 Å². The molecule has 2 amide bonds. The van der Waals surface area contributed by atoms with Crippen LogP contribution in [-0.4, -0.2) is 67.6 Å². The summed E-state index contributed by atoms with van der Waals surface area (Å²) in [5, 5.41) is 2.94. The van der Waals surface area contributed by atoms with E-state index in [0.717, 1.165) is 32.4 Å². The van der Waals surface area contributed by atoms with Crippen LogP contribution < -0.4 is 14.8 Å². The Morgan fingerprint density at radius 3 is 2.63 bits per heavy atom. The van der Waals surface area contributed by atoms with E-state index in [1.54, 1.807) is 24.1 Å². The summed E-state index contributed by atoms with van der Waals surface area (Å²) in [6, 6.07) is 13.5. The molecule has 1 unspecified atom stereocenters. The lowest BCUT2D eigenvalue weighted by atomic mass is 9.96. The molecule has 1 saturated heterocycles. The number of nitrogens with zero attached hydrogens (tertiary/aromatic N) is 2. The Labute approximate surface area is 213 Å². The number of likely N-dealkylation sites (tertiary alicyclic amines) is 1. The Morgan fingerprint density at radius 2 is 1.97 bits per heavy atom. The van der Waals surface area contributed by atoms with E-state index in [1.165, 1.54) is 12.7 Å². The third-order valence-corrected chi connectivity index (χ3v) is 6.76. The Bertz CT molecular complexity index is 1020. The number of hydrogen-bond acceptors (Lipinski definition) is 5. The molecule has 1 heterocycles. The lowest BCUT2D eigenvalue weighted by molar-refractivity contribution is -0.121. The predicted octanol–water partition coefficient (Wildman–Crippen LogP) is 4.38. The van der Waals surface area contributed by atoms with E-state index in [0.29, 0.717) is 35.2 Å². The van der Waals surface area contributed by atoms with E-state index in [-0.39, 0.29) is 23.9 Å². The Kier molecular flexibility index (Phi) is 9.40. The largest absolute Gasteiger partial charge is 0.493 e. The topological polar surface area (TPSA) is 71.1 Å². The molecule has 0 aliphatic carbocycles. The van der Waals surface area contributed by atoms with Crippen LogP contribution in [0.2, 0.25) is 5.02 Å². The van der Waals surface area contributed by atoms with Crippen LogP contribution in [0, 0.1) is 0 Å². The molecule has 1 aliphatic heterocycles. The van der Waals surface area contributed by atoms with Gasteiger partial charge in [-0.3, -0.25) is 14.5 Å². The van der Waals surface area contributed by atoms with E-state index in [2.05, 4.69) is 29.3 Å². The summed E-state index contributed by atoms with van der Waals surface area (Å²) in [5.41, 5.74) is 1.32. The molecule has 35 heavy (non-hydrogen) atoms. The SMILES string of the molecule is CCCOc1c(Cl)cc(C(=O)N(CC(=O)NC)CC2(C)CCCN2Cc2ccccc2)cc1OC. The lowest BCUT2D eigenvalue weighted by Crippen LogP contribution is -2.53. The van der Waals surface area contributed by atoms with Gasteiger partial charge in [-0.1, -0.05) is 48.9 Å². The summed E-state index contributed by atoms with van der Waals surface area (Å²) in [6.45, 7) is 6.76. The van der Waals surface area contributed by atoms with Crippen LogP contribution in [-0.2, 0) is 11.3 Å². The summed E-state index contributed by atoms with van der Waals surface area (Å²) in [5.74, 6) is 0.313. The summed E-state index contributed by atoms with van der Waals surface area (Å²) in [4.78, 5) is 30.1. The Balaban J connectivity index is 1.87. The molecule has 0 radical (unpaired) electrons. The molecule has 1 aliphatic rings. The normalized spacial score (nSPS) is 17.7. The molecule has 1 N–H and O–H groups in total. The molecule has 0 bridgehead atoms. The van der Waals surface area contributed by atoms with Crippen LogP contribution in [0.3, 0.4) is 0 Å². The molecule has 0 aromatic heterocycles. The van der Waals surface area contributed by atoms with Gasteiger partial charge in [0.15, 0.2) is 11.5 Å². The minimum Gasteiger partial charge on any atom is -0.493 e.